The zero-order valence-corrected chi connectivity index (χ0v) is 26.4. The Balaban J connectivity index is 1.48. The fraction of sp³-hybridized carbons (Fsp3) is 0.324. The highest BCUT2D eigenvalue weighted by molar-refractivity contribution is 7.17. The van der Waals surface area contributed by atoms with Gasteiger partial charge in [0.15, 0.2) is 0 Å². The maximum absolute atomic E-state index is 15.8. The number of rotatable bonds is 6. The number of hydrogen-bond donors (Lipinski definition) is 0. The normalized spacial score (nSPS) is 13.5. The lowest BCUT2D eigenvalue weighted by atomic mass is 9.96. The van der Waals surface area contributed by atoms with Crippen LogP contribution in [0.25, 0.3) is 43.4 Å². The van der Waals surface area contributed by atoms with Gasteiger partial charge in [-0.05, 0) is 50.3 Å². The van der Waals surface area contributed by atoms with Crippen LogP contribution in [0.2, 0.25) is 0 Å². The molecule has 0 bridgehead atoms. The Morgan fingerprint density at radius 3 is 2.67 bits per heavy atom. The third kappa shape index (κ3) is 6.21. The quantitative estimate of drug-likeness (QED) is 0.148. The number of nitrogens with zero attached hydrogens (tertiary/aromatic N) is 4. The number of carbonyl (C=O) groups is 1. The molecule has 1 amide bonds. The number of thiophene rings is 1. The molecule has 232 valence electrons. The summed E-state index contributed by atoms with van der Waals surface area (Å²) in [7, 11) is 3.41. The Morgan fingerprint density at radius 2 is 1.91 bits per heavy atom. The third-order valence-electron chi connectivity index (χ3n) is 7.37. The number of ether oxygens (including phenoxy) is 3. The molecule has 45 heavy (non-hydrogen) atoms. The van der Waals surface area contributed by atoms with Crippen molar-refractivity contribution in [2.75, 3.05) is 33.4 Å². The Kier molecular flexibility index (Phi) is 8.20. The van der Waals surface area contributed by atoms with Crippen LogP contribution in [-0.2, 0) is 16.5 Å². The Labute approximate surface area is 263 Å². The first-order chi connectivity index (χ1) is 21.5. The SMILES string of the molecule is COCCOc1cc(F)cc(F)c1-c1c(C#CC2CN(C(=O)OC(C)(C)C)C2)nc(-c2ccc3c(cnn3C)c2)c2ccsc12. The fourth-order valence-corrected chi connectivity index (χ4v) is 6.18. The smallest absolute Gasteiger partial charge is 0.410 e. The topological polar surface area (TPSA) is 78.7 Å². The molecule has 1 fully saturated rings. The van der Waals surface area contributed by atoms with Gasteiger partial charge in [-0.25, -0.2) is 18.6 Å². The van der Waals surface area contributed by atoms with Crippen molar-refractivity contribution < 1.29 is 27.8 Å². The zero-order chi connectivity index (χ0) is 31.9. The lowest BCUT2D eigenvalue weighted by molar-refractivity contribution is 0.00591. The summed E-state index contributed by atoms with van der Waals surface area (Å²) in [5.41, 5.74) is 2.73. The van der Waals surface area contributed by atoms with E-state index < -0.39 is 23.3 Å². The highest BCUT2D eigenvalue weighted by Crippen LogP contribution is 2.44. The van der Waals surface area contributed by atoms with Gasteiger partial charge in [-0.2, -0.15) is 5.10 Å². The van der Waals surface area contributed by atoms with Gasteiger partial charge in [-0.1, -0.05) is 12.0 Å². The molecule has 0 N–H and O–H groups in total. The van der Waals surface area contributed by atoms with Crippen LogP contribution in [-0.4, -0.2) is 64.8 Å². The number of pyridine rings is 1. The first-order valence-electron chi connectivity index (χ1n) is 14.5. The fourth-order valence-electron chi connectivity index (χ4n) is 5.24. The van der Waals surface area contributed by atoms with E-state index in [0.29, 0.717) is 30.0 Å². The average molecular weight is 631 g/mol. The molecule has 1 aliphatic rings. The molecule has 1 saturated heterocycles. The van der Waals surface area contributed by atoms with Crippen LogP contribution in [0, 0.1) is 29.4 Å². The summed E-state index contributed by atoms with van der Waals surface area (Å²) < 4.78 is 49.2. The predicted octanol–water partition coefficient (Wildman–Crippen LogP) is 7.04. The van der Waals surface area contributed by atoms with Crippen LogP contribution >= 0.6 is 11.3 Å². The first-order valence-corrected chi connectivity index (χ1v) is 15.3. The molecule has 5 aromatic rings. The molecular formula is C34H32F2N4O4S. The number of amides is 1. The van der Waals surface area contributed by atoms with Crippen LogP contribution in [0.1, 0.15) is 26.5 Å². The molecule has 0 unspecified atom stereocenters. The van der Waals surface area contributed by atoms with Crippen LogP contribution in [0.15, 0.2) is 48.0 Å². The number of hydrogen-bond acceptors (Lipinski definition) is 7. The van der Waals surface area contributed by atoms with Gasteiger partial charge < -0.3 is 19.1 Å². The van der Waals surface area contributed by atoms with Crippen molar-refractivity contribution >= 4 is 38.4 Å². The van der Waals surface area contributed by atoms with Crippen molar-refractivity contribution in [2.45, 2.75) is 26.4 Å². The van der Waals surface area contributed by atoms with E-state index in [1.807, 2.05) is 57.5 Å². The number of carbonyl (C=O) groups excluding carboxylic acids is 1. The molecule has 0 atom stereocenters. The second-order valence-electron chi connectivity index (χ2n) is 11.8. The van der Waals surface area contributed by atoms with Crippen molar-refractivity contribution in [3.05, 3.63) is 65.3 Å². The second-order valence-corrected chi connectivity index (χ2v) is 12.8. The molecule has 3 aromatic heterocycles. The molecule has 0 spiro atoms. The highest BCUT2D eigenvalue weighted by Gasteiger charge is 2.33. The Hall–Kier alpha value is -4.53. The van der Waals surface area contributed by atoms with Gasteiger partial charge in [-0.15, -0.1) is 11.3 Å². The number of benzene rings is 2. The molecule has 0 radical (unpaired) electrons. The number of aromatic nitrogens is 3. The molecule has 0 aliphatic carbocycles. The Bertz CT molecular complexity index is 1980. The second kappa shape index (κ2) is 12.1. The van der Waals surface area contributed by atoms with E-state index in [4.69, 9.17) is 19.2 Å². The van der Waals surface area contributed by atoms with Crippen molar-refractivity contribution in [3.63, 3.8) is 0 Å². The maximum atomic E-state index is 15.8. The number of fused-ring (bicyclic) bond motifs is 2. The van der Waals surface area contributed by atoms with Crippen molar-refractivity contribution in [1.29, 1.82) is 0 Å². The molecule has 0 saturated carbocycles. The molecule has 11 heteroatoms. The van der Waals surface area contributed by atoms with Gasteiger partial charge in [0.25, 0.3) is 0 Å². The van der Waals surface area contributed by atoms with Gasteiger partial charge >= 0.3 is 6.09 Å². The summed E-state index contributed by atoms with van der Waals surface area (Å²) in [6.45, 7) is 6.60. The van der Waals surface area contributed by atoms with Crippen molar-refractivity contribution in [3.8, 4) is 40.0 Å². The molecular weight excluding hydrogens is 598 g/mol. The van der Waals surface area contributed by atoms with Gasteiger partial charge in [-0.3, -0.25) is 4.68 Å². The first kappa shape index (κ1) is 30.5. The molecule has 1 aliphatic heterocycles. The molecule has 8 nitrogen and oxygen atoms in total. The van der Waals surface area contributed by atoms with Gasteiger partial charge in [0.05, 0.1) is 35.5 Å². The average Bonchev–Trinajstić information content (AvgIpc) is 3.58. The zero-order valence-electron chi connectivity index (χ0n) is 25.6. The standard InChI is InChI=1S/C34H32F2N4O4S/c1-34(2,3)44-33(41)40-18-20(19-40)6-8-26-30(29-25(36)15-23(35)16-28(29)43-12-11-42-5)32-24(10-13-45-32)31(38-26)21-7-9-27-22(14-21)17-37-39(27)4/h7,9-10,13-17,20H,11-12,18-19H2,1-5H3. The lowest BCUT2D eigenvalue weighted by Gasteiger charge is -2.37. The molecule has 2 aromatic carbocycles. The van der Waals surface area contributed by atoms with E-state index in [0.717, 1.165) is 32.6 Å². The summed E-state index contributed by atoms with van der Waals surface area (Å²) >= 11 is 1.42. The highest BCUT2D eigenvalue weighted by atomic mass is 32.1. The number of aryl methyl sites for hydroxylation is 1. The van der Waals surface area contributed by atoms with Gasteiger partial charge in [0.2, 0.25) is 0 Å². The van der Waals surface area contributed by atoms with E-state index in [-0.39, 0.29) is 30.4 Å². The third-order valence-corrected chi connectivity index (χ3v) is 8.30. The number of likely N-dealkylation sites (tertiary alicyclic amines) is 1. The molecule has 4 heterocycles. The largest absolute Gasteiger partial charge is 0.490 e. The van der Waals surface area contributed by atoms with Crippen LogP contribution in [0.3, 0.4) is 0 Å². The predicted molar refractivity (Wildman–Crippen MR) is 170 cm³/mol. The minimum Gasteiger partial charge on any atom is -0.490 e. The van der Waals surface area contributed by atoms with Gasteiger partial charge in [0, 0.05) is 66.0 Å². The van der Waals surface area contributed by atoms with E-state index in [9.17, 15) is 9.18 Å². The number of methoxy groups -OCH3 is 1. The summed E-state index contributed by atoms with van der Waals surface area (Å²) in [5, 5.41) is 8.02. The lowest BCUT2D eigenvalue weighted by Crippen LogP contribution is -2.51. The van der Waals surface area contributed by atoms with Crippen molar-refractivity contribution in [1.82, 2.24) is 19.7 Å². The summed E-state index contributed by atoms with van der Waals surface area (Å²) in [6, 6.07) is 9.92. The van der Waals surface area contributed by atoms with Crippen molar-refractivity contribution in [2.24, 2.45) is 13.0 Å². The van der Waals surface area contributed by atoms with E-state index in [2.05, 4.69) is 16.9 Å². The van der Waals surface area contributed by atoms with Gasteiger partial charge in [0.1, 0.15) is 35.3 Å². The monoisotopic (exact) mass is 630 g/mol. The van der Waals surface area contributed by atoms with Crippen LogP contribution < -0.4 is 4.74 Å². The van der Waals surface area contributed by atoms with Crippen LogP contribution in [0.4, 0.5) is 13.6 Å². The maximum Gasteiger partial charge on any atom is 0.410 e. The Morgan fingerprint density at radius 1 is 1.11 bits per heavy atom. The summed E-state index contributed by atoms with van der Waals surface area (Å²) in [4.78, 5) is 19.1. The minimum absolute atomic E-state index is 0.0355. The molecule has 6 rings (SSSR count). The number of halogens is 2. The van der Waals surface area contributed by atoms with E-state index in [1.165, 1.54) is 24.5 Å². The van der Waals surface area contributed by atoms with E-state index in [1.54, 1.807) is 15.8 Å². The summed E-state index contributed by atoms with van der Waals surface area (Å²) in [6.07, 6.45) is 1.40. The summed E-state index contributed by atoms with van der Waals surface area (Å²) in [5.74, 6) is 4.80. The minimum atomic E-state index is -0.786. The van der Waals surface area contributed by atoms with E-state index >= 15 is 4.39 Å². The van der Waals surface area contributed by atoms with Crippen LogP contribution in [0.5, 0.6) is 5.75 Å².